The third kappa shape index (κ3) is 5.35. The van der Waals surface area contributed by atoms with Gasteiger partial charge in [0.15, 0.2) is 0 Å². The van der Waals surface area contributed by atoms with E-state index in [0.717, 1.165) is 74.5 Å². The summed E-state index contributed by atoms with van der Waals surface area (Å²) in [5.41, 5.74) is 3.49. The highest BCUT2D eigenvalue weighted by Gasteiger charge is 2.45. The SMILES string of the molecule is O=C1NS(=O)(=O)CCO[C@H]2CCO[C@@H](C2)[C@H]2CCC2CN2CC3(CCCc4cc(Cl)ccc43)COc3ccc1cc32. The molecule has 10 heteroatoms. The first-order valence-electron chi connectivity index (χ1n) is 14.9. The number of fused-ring (bicyclic) bond motifs is 7. The lowest BCUT2D eigenvalue weighted by Crippen LogP contribution is -2.51. The maximum Gasteiger partial charge on any atom is 0.264 e. The molecule has 2 aromatic carbocycles. The minimum absolute atomic E-state index is 0.0337. The molecule has 0 radical (unpaired) electrons. The van der Waals surface area contributed by atoms with Gasteiger partial charge < -0.3 is 19.1 Å². The van der Waals surface area contributed by atoms with Crippen LogP contribution in [0.15, 0.2) is 36.4 Å². The highest BCUT2D eigenvalue weighted by molar-refractivity contribution is 7.90. The minimum Gasteiger partial charge on any atom is -0.490 e. The second-order valence-corrected chi connectivity index (χ2v) is 14.7. The molecule has 7 rings (SSSR count). The van der Waals surface area contributed by atoms with Gasteiger partial charge in [-0.15, -0.1) is 0 Å². The molecule has 1 saturated carbocycles. The van der Waals surface area contributed by atoms with Crippen LogP contribution in [0.25, 0.3) is 0 Å². The van der Waals surface area contributed by atoms with E-state index in [0.29, 0.717) is 30.6 Å². The molecule has 1 spiro atoms. The first-order valence-corrected chi connectivity index (χ1v) is 16.9. The maximum atomic E-state index is 13.2. The third-order valence-electron chi connectivity index (χ3n) is 9.93. The second-order valence-electron chi connectivity index (χ2n) is 12.5. The fourth-order valence-corrected chi connectivity index (χ4v) is 8.68. The Bertz CT molecular complexity index is 1450. The highest BCUT2D eigenvalue weighted by atomic mass is 35.5. The quantitative estimate of drug-likeness (QED) is 0.477. The summed E-state index contributed by atoms with van der Waals surface area (Å²) in [6.45, 7) is 2.77. The molecule has 5 aliphatic rings. The molecule has 3 heterocycles. The first-order chi connectivity index (χ1) is 19.8. The number of anilines is 1. The number of hydrogen-bond donors (Lipinski definition) is 1. The molecule has 2 fully saturated rings. The Hall–Kier alpha value is -2.33. The van der Waals surface area contributed by atoms with Crippen molar-refractivity contribution in [3.63, 3.8) is 0 Å². The van der Waals surface area contributed by atoms with E-state index in [1.54, 1.807) is 12.1 Å². The standard InChI is InChI=1S/C31H37ClN2O6S/c32-23-5-7-26-20(14-23)2-1-10-31(26)18-34-17-22-3-6-25(22)29-16-24(9-11-39-29)38-12-13-41(36,37)33-30(35)21-4-8-28(40-19-31)27(34)15-21/h4-5,7-8,14-15,22,24-25,29H,1-3,6,9-13,16-19H2,(H,33,35)/t22?,24-,25-,29-,31?/m0/s1. The summed E-state index contributed by atoms with van der Waals surface area (Å²) in [6.07, 6.45) is 6.89. The van der Waals surface area contributed by atoms with E-state index >= 15 is 0 Å². The molecule has 5 atom stereocenters. The Balaban J connectivity index is 1.28. The number of sulfonamides is 1. The predicted octanol–water partition coefficient (Wildman–Crippen LogP) is 4.48. The van der Waals surface area contributed by atoms with Crippen molar-refractivity contribution in [2.24, 2.45) is 11.8 Å². The molecule has 41 heavy (non-hydrogen) atoms. The van der Waals surface area contributed by atoms with Gasteiger partial charge in [-0.3, -0.25) is 4.79 Å². The molecular weight excluding hydrogens is 564 g/mol. The van der Waals surface area contributed by atoms with Crippen LogP contribution >= 0.6 is 11.6 Å². The summed E-state index contributed by atoms with van der Waals surface area (Å²) in [7, 11) is -3.86. The number of halogens is 1. The van der Waals surface area contributed by atoms with Crippen LogP contribution in [-0.2, 0) is 31.3 Å². The van der Waals surface area contributed by atoms with Gasteiger partial charge in [0.2, 0.25) is 10.0 Å². The van der Waals surface area contributed by atoms with E-state index in [4.69, 9.17) is 25.8 Å². The van der Waals surface area contributed by atoms with Crippen molar-refractivity contribution in [2.75, 3.05) is 43.6 Å². The average Bonchev–Trinajstić information content (AvgIpc) is 3.07. The Kier molecular flexibility index (Phi) is 7.20. The summed E-state index contributed by atoms with van der Waals surface area (Å²) >= 11 is 6.40. The summed E-state index contributed by atoms with van der Waals surface area (Å²) in [6, 6.07) is 11.5. The molecular formula is C31H37ClN2O6S. The fourth-order valence-electron chi connectivity index (χ4n) is 7.67. The monoisotopic (exact) mass is 600 g/mol. The lowest BCUT2D eigenvalue weighted by Gasteiger charge is -2.47. The average molecular weight is 601 g/mol. The summed E-state index contributed by atoms with van der Waals surface area (Å²) in [4.78, 5) is 15.6. The van der Waals surface area contributed by atoms with E-state index in [-0.39, 0.29) is 30.0 Å². The molecule has 4 bridgehead atoms. The van der Waals surface area contributed by atoms with Crippen molar-refractivity contribution in [1.29, 1.82) is 0 Å². The number of nitrogens with zero attached hydrogens (tertiary/aromatic N) is 1. The van der Waals surface area contributed by atoms with Crippen molar-refractivity contribution in [2.45, 2.75) is 62.6 Å². The summed E-state index contributed by atoms with van der Waals surface area (Å²) < 4.78 is 46.6. The molecule has 1 amide bonds. The van der Waals surface area contributed by atoms with Gasteiger partial charge in [0, 0.05) is 42.1 Å². The largest absolute Gasteiger partial charge is 0.490 e. The van der Waals surface area contributed by atoms with Gasteiger partial charge in [0.25, 0.3) is 5.91 Å². The van der Waals surface area contributed by atoms with Crippen molar-refractivity contribution in [3.8, 4) is 5.75 Å². The lowest BCUT2D eigenvalue weighted by molar-refractivity contribution is -0.115. The number of hydrogen-bond acceptors (Lipinski definition) is 7. The smallest absolute Gasteiger partial charge is 0.264 e. The molecule has 2 aromatic rings. The molecule has 1 saturated heterocycles. The van der Waals surface area contributed by atoms with Crippen molar-refractivity contribution < 1.29 is 27.4 Å². The number of nitrogens with one attached hydrogen (secondary N) is 1. The van der Waals surface area contributed by atoms with Crippen LogP contribution in [0.3, 0.4) is 0 Å². The number of aryl methyl sites for hydroxylation is 1. The van der Waals surface area contributed by atoms with Gasteiger partial charge >= 0.3 is 0 Å². The van der Waals surface area contributed by atoms with Gasteiger partial charge in [-0.1, -0.05) is 17.7 Å². The molecule has 3 aliphatic heterocycles. The Morgan fingerprint density at radius 1 is 1.05 bits per heavy atom. The van der Waals surface area contributed by atoms with Crippen LogP contribution in [0.5, 0.6) is 5.75 Å². The highest BCUT2D eigenvalue weighted by Crippen LogP contribution is 2.47. The molecule has 0 aromatic heterocycles. The van der Waals surface area contributed by atoms with E-state index in [9.17, 15) is 13.2 Å². The number of ether oxygens (including phenoxy) is 3. The zero-order chi connectivity index (χ0) is 28.2. The number of amides is 1. The number of benzene rings is 2. The summed E-state index contributed by atoms with van der Waals surface area (Å²) in [5.74, 6) is 0.691. The zero-order valence-electron chi connectivity index (χ0n) is 23.1. The molecule has 2 aliphatic carbocycles. The van der Waals surface area contributed by atoms with Gasteiger partial charge in [-0.2, -0.15) is 0 Å². The number of carbonyl (C=O) groups excluding carboxylic acids is 1. The Morgan fingerprint density at radius 2 is 1.95 bits per heavy atom. The molecule has 220 valence electrons. The minimum atomic E-state index is -3.86. The van der Waals surface area contributed by atoms with Gasteiger partial charge in [-0.25, -0.2) is 13.1 Å². The molecule has 8 nitrogen and oxygen atoms in total. The van der Waals surface area contributed by atoms with E-state index in [1.165, 1.54) is 11.1 Å². The van der Waals surface area contributed by atoms with Crippen molar-refractivity contribution in [3.05, 3.63) is 58.1 Å². The third-order valence-corrected chi connectivity index (χ3v) is 11.4. The predicted molar refractivity (Wildman–Crippen MR) is 156 cm³/mol. The van der Waals surface area contributed by atoms with Gasteiger partial charge in [0.1, 0.15) is 5.75 Å². The maximum absolute atomic E-state index is 13.2. The van der Waals surface area contributed by atoms with E-state index < -0.39 is 15.9 Å². The van der Waals surface area contributed by atoms with Crippen molar-refractivity contribution in [1.82, 2.24) is 4.72 Å². The molecule has 1 N–H and O–H groups in total. The van der Waals surface area contributed by atoms with E-state index in [1.807, 2.05) is 12.1 Å². The van der Waals surface area contributed by atoms with Gasteiger partial charge in [-0.05, 0) is 91.8 Å². The van der Waals surface area contributed by atoms with Crippen LogP contribution in [0, 0.1) is 11.8 Å². The molecule has 2 unspecified atom stereocenters. The van der Waals surface area contributed by atoms with Crippen LogP contribution in [0.4, 0.5) is 5.69 Å². The fraction of sp³-hybridized carbons (Fsp3) is 0.581. The number of carbonyl (C=O) groups is 1. The number of rotatable bonds is 0. The zero-order valence-corrected chi connectivity index (χ0v) is 24.7. The Labute approximate surface area is 246 Å². The van der Waals surface area contributed by atoms with Crippen LogP contribution < -0.4 is 14.4 Å². The first kappa shape index (κ1) is 27.5. The van der Waals surface area contributed by atoms with Crippen LogP contribution in [0.1, 0.15) is 60.0 Å². The van der Waals surface area contributed by atoms with Crippen molar-refractivity contribution >= 4 is 33.2 Å². The van der Waals surface area contributed by atoms with Gasteiger partial charge in [0.05, 0.1) is 36.9 Å². The van der Waals surface area contributed by atoms with Crippen LogP contribution in [-0.4, -0.2) is 65.2 Å². The second kappa shape index (κ2) is 10.7. The van der Waals surface area contributed by atoms with E-state index in [2.05, 4.69) is 21.8 Å². The lowest BCUT2D eigenvalue weighted by atomic mass is 9.67. The van der Waals surface area contributed by atoms with Crippen LogP contribution in [0.2, 0.25) is 5.02 Å². The summed E-state index contributed by atoms with van der Waals surface area (Å²) in [5, 5.41) is 0.751. The Morgan fingerprint density at radius 3 is 2.80 bits per heavy atom. The topological polar surface area (TPSA) is 94.2 Å². The normalized spacial score (nSPS) is 32.9.